The molecule has 0 aliphatic heterocycles. The van der Waals surface area contributed by atoms with E-state index in [1.165, 1.54) is 13.2 Å². The summed E-state index contributed by atoms with van der Waals surface area (Å²) in [5.41, 5.74) is 0.479. The van der Waals surface area contributed by atoms with E-state index >= 15 is 0 Å². The van der Waals surface area contributed by atoms with Crippen LogP contribution in [-0.4, -0.2) is 12.2 Å². The van der Waals surface area contributed by atoms with Crippen LogP contribution in [0.25, 0.3) is 0 Å². The van der Waals surface area contributed by atoms with Crippen molar-refractivity contribution < 1.29 is 9.84 Å². The first-order valence-electron chi connectivity index (χ1n) is 3.61. The van der Waals surface area contributed by atoms with Crippen LogP contribution in [0.5, 0.6) is 11.5 Å². The summed E-state index contributed by atoms with van der Waals surface area (Å²) in [4.78, 5) is 0. The zero-order valence-corrected chi connectivity index (χ0v) is 7.80. The molecule has 0 bridgehead atoms. The summed E-state index contributed by atoms with van der Waals surface area (Å²) in [5.74, 6) is 0.270. The van der Waals surface area contributed by atoms with Gasteiger partial charge in [-0.25, -0.2) is 0 Å². The highest BCUT2D eigenvalue weighted by molar-refractivity contribution is 6.30. The number of ether oxygens (including phenoxy) is 1. The first-order chi connectivity index (χ1) is 6.19. The van der Waals surface area contributed by atoms with E-state index in [4.69, 9.17) is 21.6 Å². The minimum absolute atomic E-state index is 0.0200. The maximum atomic E-state index is 9.51. The maximum absolute atomic E-state index is 9.51. The molecular weight excluding hydrogens is 190 g/mol. The Hall–Kier alpha value is -1.40. The Kier molecular flexibility index (Phi) is 2.99. The zero-order chi connectivity index (χ0) is 9.84. The monoisotopic (exact) mass is 197 g/mol. The van der Waals surface area contributed by atoms with Crippen molar-refractivity contribution in [2.24, 2.45) is 0 Å². The number of nitriles is 1. The van der Waals surface area contributed by atoms with Crippen LogP contribution in [-0.2, 0) is 6.42 Å². The summed E-state index contributed by atoms with van der Waals surface area (Å²) >= 11 is 5.74. The number of aromatic hydroxyl groups is 1. The van der Waals surface area contributed by atoms with Gasteiger partial charge in [-0.2, -0.15) is 5.26 Å². The second kappa shape index (κ2) is 4.01. The number of hydrogen-bond acceptors (Lipinski definition) is 3. The molecule has 1 N–H and O–H groups in total. The Labute approximate surface area is 81.1 Å². The molecule has 0 unspecified atom stereocenters. The molecule has 0 aliphatic carbocycles. The first kappa shape index (κ1) is 9.69. The largest absolute Gasteiger partial charge is 0.504 e. The van der Waals surface area contributed by atoms with Gasteiger partial charge in [0.05, 0.1) is 19.6 Å². The molecule has 0 heterocycles. The van der Waals surface area contributed by atoms with Gasteiger partial charge in [0.1, 0.15) is 0 Å². The predicted molar refractivity (Wildman–Crippen MR) is 49.0 cm³/mol. The van der Waals surface area contributed by atoms with Crippen molar-refractivity contribution in [3.8, 4) is 17.6 Å². The molecule has 1 rings (SSSR count). The minimum atomic E-state index is -0.0200. The summed E-state index contributed by atoms with van der Waals surface area (Å²) in [6.45, 7) is 0. The second-order valence-electron chi connectivity index (χ2n) is 2.45. The number of methoxy groups -OCH3 is 1. The minimum Gasteiger partial charge on any atom is -0.504 e. The molecule has 68 valence electrons. The molecule has 0 saturated carbocycles. The fourth-order valence-corrected chi connectivity index (χ4v) is 1.23. The van der Waals surface area contributed by atoms with Crippen LogP contribution in [0.4, 0.5) is 0 Å². The summed E-state index contributed by atoms with van der Waals surface area (Å²) in [7, 11) is 1.43. The lowest BCUT2D eigenvalue weighted by molar-refractivity contribution is 0.371. The third kappa shape index (κ3) is 2.04. The number of nitrogens with zero attached hydrogens (tertiary/aromatic N) is 1. The molecule has 4 heteroatoms. The molecule has 0 amide bonds. The van der Waals surface area contributed by atoms with Gasteiger partial charge in [0, 0.05) is 16.7 Å². The molecule has 0 fully saturated rings. The molecular formula is C9H8ClNO2. The zero-order valence-electron chi connectivity index (χ0n) is 7.04. The van der Waals surface area contributed by atoms with E-state index in [1.807, 2.05) is 6.07 Å². The van der Waals surface area contributed by atoms with E-state index in [9.17, 15) is 5.11 Å². The van der Waals surface area contributed by atoms with Crippen LogP contribution in [0.2, 0.25) is 5.02 Å². The Bertz CT molecular complexity index is 357. The average molecular weight is 198 g/mol. The molecule has 0 spiro atoms. The van der Waals surface area contributed by atoms with Crippen LogP contribution in [0.15, 0.2) is 12.1 Å². The highest BCUT2D eigenvalue weighted by Gasteiger charge is 2.08. The Morgan fingerprint density at radius 2 is 2.31 bits per heavy atom. The van der Waals surface area contributed by atoms with Gasteiger partial charge in [-0.15, -0.1) is 0 Å². The van der Waals surface area contributed by atoms with Crippen LogP contribution in [0.1, 0.15) is 5.56 Å². The van der Waals surface area contributed by atoms with E-state index in [-0.39, 0.29) is 17.9 Å². The fourth-order valence-electron chi connectivity index (χ4n) is 1.00. The van der Waals surface area contributed by atoms with Crippen LogP contribution < -0.4 is 4.74 Å². The lowest BCUT2D eigenvalue weighted by atomic mass is 10.1. The highest BCUT2D eigenvalue weighted by Crippen LogP contribution is 2.33. The van der Waals surface area contributed by atoms with Gasteiger partial charge in [-0.3, -0.25) is 0 Å². The van der Waals surface area contributed by atoms with Crippen molar-refractivity contribution >= 4 is 11.6 Å². The van der Waals surface area contributed by atoms with Crippen LogP contribution in [0, 0.1) is 11.3 Å². The summed E-state index contributed by atoms with van der Waals surface area (Å²) < 4.78 is 4.87. The SMILES string of the molecule is COc1cc(Cl)cc(CC#N)c1O. The third-order valence-electron chi connectivity index (χ3n) is 1.61. The normalized spacial score (nSPS) is 9.31. The molecule has 3 nitrogen and oxygen atoms in total. The van der Waals surface area contributed by atoms with Gasteiger partial charge in [0.2, 0.25) is 0 Å². The standard InChI is InChI=1S/C9H8ClNO2/c1-13-8-5-7(10)4-6(2-3-11)9(8)12/h4-5,12H,2H2,1H3. The summed E-state index contributed by atoms with van der Waals surface area (Å²) in [6.07, 6.45) is 0.114. The molecule has 0 saturated heterocycles. The fraction of sp³-hybridized carbons (Fsp3) is 0.222. The van der Waals surface area contributed by atoms with E-state index in [0.717, 1.165) is 0 Å². The lowest BCUT2D eigenvalue weighted by Gasteiger charge is -2.06. The Morgan fingerprint density at radius 3 is 2.85 bits per heavy atom. The molecule has 0 radical (unpaired) electrons. The third-order valence-corrected chi connectivity index (χ3v) is 1.83. The van der Waals surface area contributed by atoms with Crippen LogP contribution >= 0.6 is 11.6 Å². The maximum Gasteiger partial charge on any atom is 0.162 e. The number of halogens is 1. The van der Waals surface area contributed by atoms with Crippen molar-refractivity contribution in [1.29, 1.82) is 5.26 Å². The quantitative estimate of drug-likeness (QED) is 0.790. The van der Waals surface area contributed by atoms with E-state index in [0.29, 0.717) is 10.6 Å². The number of phenols is 1. The number of benzene rings is 1. The van der Waals surface area contributed by atoms with E-state index in [2.05, 4.69) is 0 Å². The molecule has 0 aromatic heterocycles. The van der Waals surface area contributed by atoms with Gasteiger partial charge in [-0.05, 0) is 6.07 Å². The van der Waals surface area contributed by atoms with Crippen molar-refractivity contribution in [2.45, 2.75) is 6.42 Å². The van der Waals surface area contributed by atoms with Crippen molar-refractivity contribution in [1.82, 2.24) is 0 Å². The van der Waals surface area contributed by atoms with Gasteiger partial charge >= 0.3 is 0 Å². The predicted octanol–water partition coefficient (Wildman–Crippen LogP) is 2.12. The Morgan fingerprint density at radius 1 is 1.62 bits per heavy atom. The smallest absolute Gasteiger partial charge is 0.162 e. The Balaban J connectivity index is 3.20. The van der Waals surface area contributed by atoms with Crippen LogP contribution in [0.3, 0.4) is 0 Å². The van der Waals surface area contributed by atoms with Crippen molar-refractivity contribution in [2.75, 3.05) is 7.11 Å². The van der Waals surface area contributed by atoms with Gasteiger partial charge in [0.15, 0.2) is 11.5 Å². The van der Waals surface area contributed by atoms with E-state index in [1.54, 1.807) is 6.07 Å². The second-order valence-corrected chi connectivity index (χ2v) is 2.89. The van der Waals surface area contributed by atoms with Crippen molar-refractivity contribution in [3.05, 3.63) is 22.7 Å². The van der Waals surface area contributed by atoms with Gasteiger partial charge in [0.25, 0.3) is 0 Å². The molecule has 0 aliphatic rings. The number of phenolic OH excluding ortho intramolecular Hbond substituents is 1. The summed E-state index contributed by atoms with van der Waals surface area (Å²) in [6, 6.07) is 4.97. The van der Waals surface area contributed by atoms with Gasteiger partial charge in [-0.1, -0.05) is 11.6 Å². The molecule has 0 atom stereocenters. The number of hydrogen-bond donors (Lipinski definition) is 1. The lowest BCUT2D eigenvalue weighted by Crippen LogP contribution is -1.89. The van der Waals surface area contributed by atoms with Gasteiger partial charge < -0.3 is 9.84 Å². The molecule has 13 heavy (non-hydrogen) atoms. The molecule has 1 aromatic carbocycles. The average Bonchev–Trinajstić information content (AvgIpc) is 2.11. The molecule has 1 aromatic rings. The number of rotatable bonds is 2. The summed E-state index contributed by atoms with van der Waals surface area (Å²) in [5, 5.41) is 18.4. The van der Waals surface area contributed by atoms with Crippen molar-refractivity contribution in [3.63, 3.8) is 0 Å². The van der Waals surface area contributed by atoms with E-state index < -0.39 is 0 Å². The topological polar surface area (TPSA) is 53.2 Å². The highest BCUT2D eigenvalue weighted by atomic mass is 35.5. The first-order valence-corrected chi connectivity index (χ1v) is 3.99.